The fraction of sp³-hybridized carbons (Fsp3) is 0.933. The van der Waals surface area contributed by atoms with Gasteiger partial charge in [0, 0.05) is 13.2 Å². The SMILES string of the molecule is COCC(C)NC(=O)CNCCC1CCC(C)CC1. The minimum Gasteiger partial charge on any atom is -0.383 e. The Bertz CT molecular complexity index is 251. The lowest BCUT2D eigenvalue weighted by molar-refractivity contribution is -0.121. The molecule has 1 unspecified atom stereocenters. The molecule has 1 aliphatic carbocycles. The first-order valence-electron chi connectivity index (χ1n) is 7.60. The van der Waals surface area contributed by atoms with Crippen molar-refractivity contribution in [3.63, 3.8) is 0 Å². The van der Waals surface area contributed by atoms with Gasteiger partial charge in [-0.25, -0.2) is 0 Å². The van der Waals surface area contributed by atoms with Gasteiger partial charge in [-0.15, -0.1) is 0 Å². The lowest BCUT2D eigenvalue weighted by Crippen LogP contribution is -2.41. The highest BCUT2D eigenvalue weighted by Crippen LogP contribution is 2.29. The number of carbonyl (C=O) groups is 1. The zero-order valence-electron chi connectivity index (χ0n) is 12.7. The molecule has 4 nitrogen and oxygen atoms in total. The van der Waals surface area contributed by atoms with E-state index in [9.17, 15) is 4.79 Å². The van der Waals surface area contributed by atoms with Crippen LogP contribution in [0, 0.1) is 11.8 Å². The molecule has 0 radical (unpaired) electrons. The van der Waals surface area contributed by atoms with Gasteiger partial charge in [0.2, 0.25) is 5.91 Å². The molecule has 0 heterocycles. The van der Waals surface area contributed by atoms with Crippen molar-refractivity contribution >= 4 is 5.91 Å². The van der Waals surface area contributed by atoms with E-state index in [2.05, 4.69) is 17.6 Å². The summed E-state index contributed by atoms with van der Waals surface area (Å²) < 4.78 is 4.98. The van der Waals surface area contributed by atoms with Gasteiger partial charge in [0.15, 0.2) is 0 Å². The van der Waals surface area contributed by atoms with Crippen LogP contribution in [0.3, 0.4) is 0 Å². The van der Waals surface area contributed by atoms with Gasteiger partial charge in [0.25, 0.3) is 0 Å². The molecule has 0 saturated heterocycles. The molecule has 112 valence electrons. The fourth-order valence-corrected chi connectivity index (χ4v) is 2.74. The quantitative estimate of drug-likeness (QED) is 0.663. The van der Waals surface area contributed by atoms with E-state index in [0.717, 1.165) is 18.4 Å². The third-order valence-electron chi connectivity index (χ3n) is 3.97. The number of rotatable bonds is 8. The van der Waals surface area contributed by atoms with Crippen molar-refractivity contribution in [2.24, 2.45) is 11.8 Å². The molecule has 1 saturated carbocycles. The number of amides is 1. The van der Waals surface area contributed by atoms with Crippen LogP contribution in [0.1, 0.15) is 46.0 Å². The number of nitrogens with one attached hydrogen (secondary N) is 2. The zero-order valence-corrected chi connectivity index (χ0v) is 12.7. The van der Waals surface area contributed by atoms with Gasteiger partial charge in [-0.1, -0.05) is 32.6 Å². The number of ether oxygens (including phenoxy) is 1. The van der Waals surface area contributed by atoms with Gasteiger partial charge < -0.3 is 15.4 Å². The molecule has 0 aromatic rings. The summed E-state index contributed by atoms with van der Waals surface area (Å²) >= 11 is 0. The molecule has 1 aliphatic rings. The Morgan fingerprint density at radius 3 is 2.63 bits per heavy atom. The molecule has 1 rings (SSSR count). The van der Waals surface area contributed by atoms with E-state index >= 15 is 0 Å². The van der Waals surface area contributed by atoms with Gasteiger partial charge in [-0.3, -0.25) is 4.79 Å². The van der Waals surface area contributed by atoms with Crippen molar-refractivity contribution in [3.8, 4) is 0 Å². The lowest BCUT2D eigenvalue weighted by Gasteiger charge is -2.26. The second kappa shape index (κ2) is 9.32. The normalized spacial score (nSPS) is 25.0. The fourth-order valence-electron chi connectivity index (χ4n) is 2.74. The monoisotopic (exact) mass is 270 g/mol. The maximum atomic E-state index is 11.6. The summed E-state index contributed by atoms with van der Waals surface area (Å²) in [6.45, 7) is 6.22. The number of hydrogen-bond acceptors (Lipinski definition) is 3. The van der Waals surface area contributed by atoms with Crippen molar-refractivity contribution in [1.29, 1.82) is 0 Å². The number of methoxy groups -OCH3 is 1. The summed E-state index contributed by atoms with van der Waals surface area (Å²) in [7, 11) is 1.64. The molecular formula is C15H30N2O2. The zero-order chi connectivity index (χ0) is 14.1. The largest absolute Gasteiger partial charge is 0.383 e. The minimum atomic E-state index is 0.0572. The summed E-state index contributed by atoms with van der Waals surface area (Å²) in [6, 6.07) is 0.0825. The Morgan fingerprint density at radius 2 is 2.00 bits per heavy atom. The summed E-state index contributed by atoms with van der Waals surface area (Å²) in [5.74, 6) is 1.83. The molecule has 1 fully saturated rings. The second-order valence-electron chi connectivity index (χ2n) is 6.02. The van der Waals surface area contributed by atoms with Gasteiger partial charge in [0.1, 0.15) is 0 Å². The lowest BCUT2D eigenvalue weighted by atomic mass is 9.81. The van der Waals surface area contributed by atoms with Gasteiger partial charge >= 0.3 is 0 Å². The van der Waals surface area contributed by atoms with Crippen LogP contribution in [0.2, 0.25) is 0 Å². The highest BCUT2D eigenvalue weighted by atomic mass is 16.5. The molecule has 0 spiro atoms. The topological polar surface area (TPSA) is 50.4 Å². The first-order chi connectivity index (χ1) is 9.11. The van der Waals surface area contributed by atoms with Crippen LogP contribution in [0.5, 0.6) is 0 Å². The van der Waals surface area contributed by atoms with E-state index in [0.29, 0.717) is 13.2 Å². The molecule has 0 aliphatic heterocycles. The van der Waals surface area contributed by atoms with E-state index in [-0.39, 0.29) is 11.9 Å². The van der Waals surface area contributed by atoms with Crippen molar-refractivity contribution in [3.05, 3.63) is 0 Å². The Hall–Kier alpha value is -0.610. The van der Waals surface area contributed by atoms with Crippen molar-refractivity contribution in [2.45, 2.75) is 52.0 Å². The smallest absolute Gasteiger partial charge is 0.234 e. The van der Waals surface area contributed by atoms with Gasteiger partial charge in [-0.05, 0) is 31.7 Å². The summed E-state index contributed by atoms with van der Waals surface area (Å²) in [6.07, 6.45) is 6.67. The Balaban J connectivity index is 1.99. The number of carbonyl (C=O) groups excluding carboxylic acids is 1. The summed E-state index contributed by atoms with van der Waals surface area (Å²) in [5, 5.41) is 6.14. The third-order valence-corrected chi connectivity index (χ3v) is 3.97. The maximum absolute atomic E-state index is 11.6. The molecule has 0 aromatic carbocycles. The molecule has 2 N–H and O–H groups in total. The number of hydrogen-bond donors (Lipinski definition) is 2. The van der Waals surface area contributed by atoms with E-state index in [1.54, 1.807) is 7.11 Å². The molecule has 0 bridgehead atoms. The van der Waals surface area contributed by atoms with Gasteiger partial charge in [-0.2, -0.15) is 0 Å². The molecule has 0 aromatic heterocycles. The third kappa shape index (κ3) is 7.53. The first-order valence-corrected chi connectivity index (χ1v) is 7.60. The van der Waals surface area contributed by atoms with Crippen LogP contribution in [-0.2, 0) is 9.53 Å². The molecule has 1 atom stereocenters. The molecule has 19 heavy (non-hydrogen) atoms. The average Bonchev–Trinajstić information content (AvgIpc) is 2.37. The van der Waals surface area contributed by atoms with Crippen LogP contribution in [0.25, 0.3) is 0 Å². The highest BCUT2D eigenvalue weighted by molar-refractivity contribution is 5.78. The predicted molar refractivity (Wildman–Crippen MR) is 78.1 cm³/mol. The highest BCUT2D eigenvalue weighted by Gasteiger charge is 2.17. The molecule has 4 heteroatoms. The van der Waals surface area contributed by atoms with E-state index < -0.39 is 0 Å². The Labute approximate surface area is 117 Å². The van der Waals surface area contributed by atoms with Gasteiger partial charge in [0.05, 0.1) is 13.2 Å². The van der Waals surface area contributed by atoms with Crippen molar-refractivity contribution < 1.29 is 9.53 Å². The minimum absolute atomic E-state index is 0.0572. The van der Waals surface area contributed by atoms with Crippen LogP contribution in [0.4, 0.5) is 0 Å². The van der Waals surface area contributed by atoms with Crippen LogP contribution in [-0.4, -0.2) is 38.8 Å². The van der Waals surface area contributed by atoms with E-state index in [4.69, 9.17) is 4.74 Å². The maximum Gasteiger partial charge on any atom is 0.234 e. The second-order valence-corrected chi connectivity index (χ2v) is 6.02. The molecule has 1 amide bonds. The standard InChI is InChI=1S/C15H30N2O2/c1-12-4-6-14(7-5-12)8-9-16-10-15(18)17-13(2)11-19-3/h12-14,16H,4-11H2,1-3H3,(H,17,18). The van der Waals surface area contributed by atoms with Crippen molar-refractivity contribution in [1.82, 2.24) is 10.6 Å². The van der Waals surface area contributed by atoms with E-state index in [1.165, 1.54) is 32.1 Å². The summed E-state index contributed by atoms with van der Waals surface area (Å²) in [5.41, 5.74) is 0. The van der Waals surface area contributed by atoms with E-state index in [1.807, 2.05) is 6.92 Å². The Morgan fingerprint density at radius 1 is 1.32 bits per heavy atom. The van der Waals surface area contributed by atoms with Crippen LogP contribution < -0.4 is 10.6 Å². The average molecular weight is 270 g/mol. The van der Waals surface area contributed by atoms with Crippen LogP contribution in [0.15, 0.2) is 0 Å². The predicted octanol–water partition coefficient (Wildman–Crippen LogP) is 1.94. The Kier molecular flexibility index (Phi) is 8.07. The van der Waals surface area contributed by atoms with Crippen molar-refractivity contribution in [2.75, 3.05) is 26.8 Å². The summed E-state index contributed by atoms with van der Waals surface area (Å²) in [4.78, 5) is 11.6. The van der Waals surface area contributed by atoms with Crippen LogP contribution >= 0.6 is 0 Å². The first kappa shape index (κ1) is 16.4. The molecular weight excluding hydrogens is 240 g/mol.